The Balaban J connectivity index is 2.08. The Hall–Kier alpha value is -1.67. The van der Waals surface area contributed by atoms with Crippen molar-refractivity contribution in [1.82, 2.24) is 0 Å². The van der Waals surface area contributed by atoms with E-state index in [9.17, 15) is 4.79 Å². The van der Waals surface area contributed by atoms with Crippen LogP contribution in [0.1, 0.15) is 30.6 Å². The summed E-state index contributed by atoms with van der Waals surface area (Å²) in [7, 11) is 1.60. The van der Waals surface area contributed by atoms with Crippen LogP contribution in [0.4, 0.5) is 5.69 Å². The average Bonchev–Trinajstić information content (AvgIpc) is 2.79. The summed E-state index contributed by atoms with van der Waals surface area (Å²) < 4.78 is 17.6. The highest BCUT2D eigenvalue weighted by atomic mass is 79.9. The minimum atomic E-state index is -0.650. The maximum atomic E-state index is 12.1. The van der Waals surface area contributed by atoms with Gasteiger partial charge >= 0.3 is 5.97 Å². The van der Waals surface area contributed by atoms with Crippen molar-refractivity contribution >= 4 is 56.4 Å². The van der Waals surface area contributed by atoms with E-state index < -0.39 is 12.2 Å². The van der Waals surface area contributed by atoms with Gasteiger partial charge in [0.25, 0.3) is 0 Å². The van der Waals surface area contributed by atoms with Crippen LogP contribution in [0.15, 0.2) is 40.9 Å². The molecule has 8 heteroatoms. The van der Waals surface area contributed by atoms with Crippen molar-refractivity contribution in [3.05, 3.63) is 57.0 Å². The summed E-state index contributed by atoms with van der Waals surface area (Å²) in [6, 6.07) is 11.1. The molecule has 1 heterocycles. The van der Waals surface area contributed by atoms with Gasteiger partial charge in [-0.2, -0.15) is 0 Å². The van der Waals surface area contributed by atoms with Gasteiger partial charge in [-0.05, 0) is 47.1 Å². The number of hydrogen-bond donors (Lipinski definition) is 1. The van der Waals surface area contributed by atoms with Gasteiger partial charge in [0.15, 0.2) is 0 Å². The number of fused-ring (bicyclic) bond motifs is 1. The van der Waals surface area contributed by atoms with Crippen molar-refractivity contribution in [2.24, 2.45) is 0 Å². The summed E-state index contributed by atoms with van der Waals surface area (Å²) in [5.74, 6) is 0.301. The van der Waals surface area contributed by atoms with Gasteiger partial charge in [0.1, 0.15) is 22.9 Å². The lowest BCUT2D eigenvalue weighted by Gasteiger charge is -2.24. The van der Waals surface area contributed by atoms with Crippen molar-refractivity contribution in [1.29, 1.82) is 0 Å². The number of anilines is 1. The molecule has 1 N–H and O–H groups in total. The molecule has 2 atom stereocenters. The third kappa shape index (κ3) is 4.49. The first-order valence-electron chi connectivity index (χ1n) is 8.68. The number of halogens is 2. The molecule has 0 fully saturated rings. The van der Waals surface area contributed by atoms with Crippen LogP contribution in [0.2, 0.25) is 5.02 Å². The van der Waals surface area contributed by atoms with E-state index in [1.165, 1.54) is 0 Å². The Morgan fingerprint density at radius 2 is 2.11 bits per heavy atom. The average molecular weight is 485 g/mol. The van der Waals surface area contributed by atoms with Gasteiger partial charge in [0.2, 0.25) is 0 Å². The van der Waals surface area contributed by atoms with Crippen molar-refractivity contribution in [2.75, 3.05) is 19.0 Å². The van der Waals surface area contributed by atoms with E-state index in [1.807, 2.05) is 30.3 Å². The van der Waals surface area contributed by atoms with Crippen LogP contribution in [0.3, 0.4) is 0 Å². The maximum absolute atomic E-state index is 12.1. The zero-order valence-electron chi connectivity index (χ0n) is 15.3. The van der Waals surface area contributed by atoms with Crippen molar-refractivity contribution in [3.8, 4) is 5.75 Å². The summed E-state index contributed by atoms with van der Waals surface area (Å²) in [5.41, 5.74) is 2.43. The standard InChI is InChI=1S/C20H19BrClNO4S/c1-3-26-17(24)10-16-20(28)23-14-8-7-11(22)9-13(14)19(27-16)12-5-4-6-15(25-2)18(12)21/h4-9,16,19H,3,10H2,1-2H3,(H,23,28)/t16-,19-/m1/s1. The molecule has 2 aromatic rings. The lowest BCUT2D eigenvalue weighted by Crippen LogP contribution is -2.31. The topological polar surface area (TPSA) is 56.8 Å². The Morgan fingerprint density at radius 3 is 2.82 bits per heavy atom. The van der Waals surface area contributed by atoms with E-state index in [-0.39, 0.29) is 12.4 Å². The quantitative estimate of drug-likeness (QED) is 0.460. The predicted molar refractivity (Wildman–Crippen MR) is 116 cm³/mol. The number of esters is 1. The Bertz CT molecular complexity index is 908. The molecule has 0 bridgehead atoms. The number of rotatable bonds is 5. The highest BCUT2D eigenvalue weighted by molar-refractivity contribution is 9.10. The molecule has 0 saturated heterocycles. The van der Waals surface area contributed by atoms with Crippen LogP contribution in [-0.4, -0.2) is 30.8 Å². The molecule has 0 saturated carbocycles. The van der Waals surface area contributed by atoms with E-state index in [1.54, 1.807) is 20.1 Å². The highest BCUT2D eigenvalue weighted by Crippen LogP contribution is 2.42. The zero-order chi connectivity index (χ0) is 20.3. The fourth-order valence-corrected chi connectivity index (χ4v) is 4.08. The largest absolute Gasteiger partial charge is 0.496 e. The molecular formula is C20H19BrClNO4S. The molecule has 0 spiro atoms. The number of thiocarbonyl (C=S) groups is 1. The molecule has 148 valence electrons. The SMILES string of the molecule is CCOC(=O)C[C@H]1O[C@H](c2cccc(OC)c2Br)c2cc(Cl)ccc2NC1=S. The summed E-state index contributed by atoms with van der Waals surface area (Å²) >= 11 is 15.3. The van der Waals surface area contributed by atoms with Gasteiger partial charge in [0, 0.05) is 21.8 Å². The second-order valence-corrected chi connectivity index (χ2v) is 7.77. The third-order valence-corrected chi connectivity index (χ3v) is 5.75. The number of ether oxygens (including phenoxy) is 3. The second kappa shape index (κ2) is 9.22. The normalized spacial score (nSPS) is 18.6. The minimum Gasteiger partial charge on any atom is -0.496 e. The fraction of sp³-hybridized carbons (Fsp3) is 0.300. The summed E-state index contributed by atoms with van der Waals surface area (Å²) in [6.45, 7) is 2.06. The van der Waals surface area contributed by atoms with Crippen LogP contribution < -0.4 is 10.1 Å². The molecule has 0 radical (unpaired) electrons. The minimum absolute atomic E-state index is 0.0134. The zero-order valence-corrected chi connectivity index (χ0v) is 18.5. The van der Waals surface area contributed by atoms with Crippen LogP contribution in [-0.2, 0) is 14.3 Å². The molecule has 0 unspecified atom stereocenters. The van der Waals surface area contributed by atoms with E-state index in [0.29, 0.717) is 22.4 Å². The summed E-state index contributed by atoms with van der Waals surface area (Å²) in [4.78, 5) is 12.5. The summed E-state index contributed by atoms with van der Waals surface area (Å²) in [5, 5.41) is 3.76. The van der Waals surface area contributed by atoms with E-state index in [0.717, 1.165) is 21.3 Å². The van der Waals surface area contributed by atoms with Gasteiger partial charge in [-0.1, -0.05) is 36.0 Å². The van der Waals surface area contributed by atoms with Gasteiger partial charge in [-0.25, -0.2) is 0 Å². The van der Waals surface area contributed by atoms with E-state index in [2.05, 4.69) is 21.2 Å². The first kappa shape index (κ1) is 21.0. The Kier molecular flexibility index (Phi) is 6.93. The van der Waals surface area contributed by atoms with E-state index >= 15 is 0 Å². The van der Waals surface area contributed by atoms with Crippen molar-refractivity contribution in [2.45, 2.75) is 25.6 Å². The predicted octanol–water partition coefficient (Wildman–Crippen LogP) is 5.29. The fourth-order valence-electron chi connectivity index (χ4n) is 3.02. The van der Waals surface area contributed by atoms with Crippen molar-refractivity contribution < 1.29 is 19.0 Å². The smallest absolute Gasteiger partial charge is 0.308 e. The number of carbonyl (C=O) groups is 1. The number of nitrogens with one attached hydrogen (secondary N) is 1. The highest BCUT2D eigenvalue weighted by Gasteiger charge is 2.33. The molecule has 0 amide bonds. The first-order valence-corrected chi connectivity index (χ1v) is 10.3. The lowest BCUT2D eigenvalue weighted by molar-refractivity contribution is -0.145. The van der Waals surface area contributed by atoms with Crippen LogP contribution in [0.25, 0.3) is 0 Å². The maximum Gasteiger partial charge on any atom is 0.308 e. The third-order valence-electron chi connectivity index (χ3n) is 4.30. The number of hydrogen-bond acceptors (Lipinski definition) is 5. The summed E-state index contributed by atoms with van der Waals surface area (Å²) in [6.07, 6.45) is -1.16. The number of carbonyl (C=O) groups excluding carboxylic acids is 1. The molecule has 1 aliphatic rings. The molecule has 2 aromatic carbocycles. The number of benzene rings is 2. The van der Waals surface area contributed by atoms with Crippen LogP contribution in [0.5, 0.6) is 5.75 Å². The van der Waals surface area contributed by atoms with Gasteiger partial charge in [0.05, 0.1) is 24.6 Å². The van der Waals surface area contributed by atoms with E-state index in [4.69, 9.17) is 38.0 Å². The Morgan fingerprint density at radius 1 is 1.32 bits per heavy atom. The second-order valence-electron chi connectivity index (χ2n) is 6.10. The number of methoxy groups -OCH3 is 1. The molecule has 3 rings (SSSR count). The molecule has 0 aliphatic carbocycles. The first-order chi connectivity index (χ1) is 13.4. The van der Waals surface area contributed by atoms with Crippen LogP contribution in [0, 0.1) is 0 Å². The van der Waals surface area contributed by atoms with Gasteiger partial charge in [-0.3, -0.25) is 4.79 Å². The van der Waals surface area contributed by atoms with Gasteiger partial charge < -0.3 is 19.5 Å². The van der Waals surface area contributed by atoms with Crippen molar-refractivity contribution in [3.63, 3.8) is 0 Å². The van der Waals surface area contributed by atoms with Gasteiger partial charge in [-0.15, -0.1) is 0 Å². The molecule has 5 nitrogen and oxygen atoms in total. The Labute approximate surface area is 182 Å². The molecular weight excluding hydrogens is 466 g/mol. The molecule has 0 aromatic heterocycles. The molecule has 28 heavy (non-hydrogen) atoms. The lowest BCUT2D eigenvalue weighted by atomic mass is 9.99. The van der Waals surface area contributed by atoms with Crippen LogP contribution >= 0.6 is 39.7 Å². The molecule has 1 aliphatic heterocycles. The monoisotopic (exact) mass is 483 g/mol.